The van der Waals surface area contributed by atoms with Gasteiger partial charge in [-0.25, -0.2) is 13.4 Å². The van der Waals surface area contributed by atoms with Crippen molar-refractivity contribution < 1.29 is 13.2 Å². The smallest absolute Gasteiger partial charge is 0.263 e. The van der Waals surface area contributed by atoms with Crippen molar-refractivity contribution in [3.63, 3.8) is 0 Å². The van der Waals surface area contributed by atoms with Gasteiger partial charge in [0, 0.05) is 36.0 Å². The molecule has 166 valence electrons. The lowest BCUT2D eigenvalue weighted by atomic mass is 9.97. The van der Waals surface area contributed by atoms with Gasteiger partial charge in [0.1, 0.15) is 6.04 Å². The highest BCUT2D eigenvalue weighted by Gasteiger charge is 2.38. The van der Waals surface area contributed by atoms with E-state index in [0.29, 0.717) is 17.4 Å². The van der Waals surface area contributed by atoms with Crippen molar-refractivity contribution in [1.29, 1.82) is 0 Å². The van der Waals surface area contributed by atoms with Crippen LogP contribution in [0.3, 0.4) is 0 Å². The van der Waals surface area contributed by atoms with Crippen LogP contribution < -0.4 is 14.5 Å². The number of thiazole rings is 1. The Hall–Kier alpha value is -2.91. The number of nitrogens with zero attached hydrogens (tertiary/aromatic N) is 3. The highest BCUT2D eigenvalue weighted by atomic mass is 32.2. The van der Waals surface area contributed by atoms with E-state index >= 15 is 0 Å². The molecule has 9 heteroatoms. The first-order chi connectivity index (χ1) is 15.4. The molecule has 2 aromatic carbocycles. The van der Waals surface area contributed by atoms with Crippen LogP contribution in [0.4, 0.5) is 16.5 Å². The molecule has 3 heterocycles. The molecule has 7 nitrogen and oxygen atoms in total. The fourth-order valence-electron chi connectivity index (χ4n) is 4.54. The van der Waals surface area contributed by atoms with Crippen LogP contribution in [0.15, 0.2) is 58.9 Å². The number of amides is 1. The fourth-order valence-corrected chi connectivity index (χ4v) is 6.33. The van der Waals surface area contributed by atoms with E-state index in [9.17, 15) is 13.2 Å². The minimum atomic E-state index is -3.72. The summed E-state index contributed by atoms with van der Waals surface area (Å²) in [6.45, 7) is 3.59. The molecular formula is C23H24N4O3S2. The molecule has 3 aromatic rings. The van der Waals surface area contributed by atoms with Crippen LogP contribution in [0.5, 0.6) is 0 Å². The van der Waals surface area contributed by atoms with Gasteiger partial charge in [-0.3, -0.25) is 9.52 Å². The topological polar surface area (TPSA) is 82.6 Å². The van der Waals surface area contributed by atoms with E-state index in [1.54, 1.807) is 28.6 Å². The zero-order chi connectivity index (χ0) is 22.3. The summed E-state index contributed by atoms with van der Waals surface area (Å²) in [4.78, 5) is 21.4. The van der Waals surface area contributed by atoms with Gasteiger partial charge in [0.15, 0.2) is 5.13 Å². The number of rotatable bonds is 5. The number of carbonyl (C=O) groups is 1. The Labute approximate surface area is 191 Å². The second kappa shape index (κ2) is 8.22. The largest absolute Gasteiger partial charge is 0.359 e. The first-order valence-electron chi connectivity index (χ1n) is 10.6. The molecule has 1 saturated heterocycles. The third kappa shape index (κ3) is 3.86. The Bertz CT molecular complexity index is 1240. The molecule has 5 rings (SSSR count). The van der Waals surface area contributed by atoms with Crippen LogP contribution in [0.25, 0.3) is 0 Å². The summed E-state index contributed by atoms with van der Waals surface area (Å²) in [5, 5.41) is 2.03. The normalized spacial score (nSPS) is 18.7. The van der Waals surface area contributed by atoms with Gasteiger partial charge in [0.05, 0.1) is 4.90 Å². The summed E-state index contributed by atoms with van der Waals surface area (Å²) in [6, 6.07) is 12.7. The van der Waals surface area contributed by atoms with E-state index in [1.807, 2.05) is 0 Å². The SMILES string of the molecule is Cc1ccc2c(c1)CCCN2[C@@H]1CCN(c2ccc(S(=O)(=O)Nc3nccs3)cc2)C1=O. The third-order valence-corrected chi connectivity index (χ3v) is 8.23. The molecule has 0 aliphatic carbocycles. The summed E-state index contributed by atoms with van der Waals surface area (Å²) in [7, 11) is -3.72. The molecule has 2 aliphatic heterocycles. The zero-order valence-electron chi connectivity index (χ0n) is 17.7. The molecule has 0 spiro atoms. The van der Waals surface area contributed by atoms with Crippen molar-refractivity contribution in [2.45, 2.75) is 37.1 Å². The van der Waals surface area contributed by atoms with Crippen molar-refractivity contribution in [2.75, 3.05) is 27.6 Å². The maximum atomic E-state index is 13.3. The van der Waals surface area contributed by atoms with Crippen LogP contribution in [-0.2, 0) is 21.2 Å². The van der Waals surface area contributed by atoms with Crippen molar-refractivity contribution in [1.82, 2.24) is 4.98 Å². The van der Waals surface area contributed by atoms with Gasteiger partial charge in [0.25, 0.3) is 10.0 Å². The second-order valence-electron chi connectivity index (χ2n) is 8.16. The maximum Gasteiger partial charge on any atom is 0.263 e. The molecular weight excluding hydrogens is 444 g/mol. The maximum absolute atomic E-state index is 13.3. The predicted octanol–water partition coefficient (Wildman–Crippen LogP) is 3.81. The fraction of sp³-hybridized carbons (Fsp3) is 0.304. The Kier molecular flexibility index (Phi) is 5.38. The Morgan fingerprint density at radius 2 is 1.94 bits per heavy atom. The third-order valence-electron chi connectivity index (χ3n) is 6.06. The van der Waals surface area contributed by atoms with E-state index in [2.05, 4.69) is 39.7 Å². The number of benzene rings is 2. The molecule has 1 amide bonds. The van der Waals surface area contributed by atoms with Crippen LogP contribution in [0.1, 0.15) is 24.0 Å². The number of sulfonamides is 1. The van der Waals surface area contributed by atoms with Crippen LogP contribution in [0.2, 0.25) is 0 Å². The summed E-state index contributed by atoms with van der Waals surface area (Å²) in [5.74, 6) is 0.0648. The molecule has 0 radical (unpaired) electrons. The second-order valence-corrected chi connectivity index (χ2v) is 10.7. The number of hydrogen-bond acceptors (Lipinski definition) is 6. The zero-order valence-corrected chi connectivity index (χ0v) is 19.3. The van der Waals surface area contributed by atoms with E-state index in [1.165, 1.54) is 34.6 Å². The molecule has 1 N–H and O–H groups in total. The summed E-state index contributed by atoms with van der Waals surface area (Å²) in [6.07, 6.45) is 4.38. The predicted molar refractivity (Wildman–Crippen MR) is 127 cm³/mol. The van der Waals surface area contributed by atoms with Crippen molar-refractivity contribution in [3.05, 3.63) is 65.2 Å². The van der Waals surface area contributed by atoms with Gasteiger partial charge in [-0.15, -0.1) is 11.3 Å². The first kappa shape index (κ1) is 21.0. The summed E-state index contributed by atoms with van der Waals surface area (Å²) in [5.41, 5.74) is 4.43. The number of aromatic nitrogens is 1. The van der Waals surface area contributed by atoms with Gasteiger partial charge in [-0.2, -0.15) is 0 Å². The minimum Gasteiger partial charge on any atom is -0.359 e. The molecule has 0 unspecified atom stereocenters. The number of nitrogens with one attached hydrogen (secondary N) is 1. The van der Waals surface area contributed by atoms with Crippen molar-refractivity contribution >= 4 is 43.8 Å². The van der Waals surface area contributed by atoms with Crippen molar-refractivity contribution in [3.8, 4) is 0 Å². The summed E-state index contributed by atoms with van der Waals surface area (Å²) >= 11 is 1.22. The molecule has 32 heavy (non-hydrogen) atoms. The lowest BCUT2D eigenvalue weighted by Crippen LogP contribution is -2.44. The van der Waals surface area contributed by atoms with E-state index in [-0.39, 0.29) is 16.8 Å². The molecule has 2 aliphatic rings. The molecule has 1 atom stereocenters. The Morgan fingerprint density at radius 1 is 1.12 bits per heavy atom. The number of anilines is 3. The minimum absolute atomic E-state index is 0.0648. The standard InChI is InChI=1S/C23H24N4O3S2/c1-16-4-9-20-17(15-16)3-2-12-27(20)21-10-13-26(22(21)28)18-5-7-19(8-6-18)32(29,30)25-23-24-11-14-31-23/h4-9,11,14-15,21H,2-3,10,12-13H2,1H3,(H,24,25)/t21-/m1/s1. The monoisotopic (exact) mass is 468 g/mol. The Balaban J connectivity index is 1.34. The number of aryl methyl sites for hydroxylation is 2. The molecule has 1 fully saturated rings. The average molecular weight is 469 g/mol. The van der Waals surface area contributed by atoms with Gasteiger partial charge in [0.2, 0.25) is 5.91 Å². The van der Waals surface area contributed by atoms with Gasteiger partial charge in [-0.05, 0) is 62.1 Å². The lowest BCUT2D eigenvalue weighted by molar-refractivity contribution is -0.118. The number of fused-ring (bicyclic) bond motifs is 1. The highest BCUT2D eigenvalue weighted by molar-refractivity contribution is 7.93. The van der Waals surface area contributed by atoms with Gasteiger partial charge < -0.3 is 9.80 Å². The number of hydrogen-bond donors (Lipinski definition) is 1. The molecule has 0 bridgehead atoms. The lowest BCUT2D eigenvalue weighted by Gasteiger charge is -2.35. The van der Waals surface area contributed by atoms with E-state index in [0.717, 1.165) is 31.5 Å². The number of carbonyl (C=O) groups excluding carboxylic acids is 1. The van der Waals surface area contributed by atoms with Crippen LogP contribution in [0, 0.1) is 6.92 Å². The van der Waals surface area contributed by atoms with Crippen LogP contribution in [-0.4, -0.2) is 38.4 Å². The molecule has 1 aromatic heterocycles. The molecule has 0 saturated carbocycles. The highest BCUT2D eigenvalue weighted by Crippen LogP contribution is 2.34. The van der Waals surface area contributed by atoms with Gasteiger partial charge >= 0.3 is 0 Å². The van der Waals surface area contributed by atoms with Gasteiger partial charge in [-0.1, -0.05) is 17.7 Å². The summed E-state index contributed by atoms with van der Waals surface area (Å²) < 4.78 is 27.6. The first-order valence-corrected chi connectivity index (χ1v) is 13.0. The van der Waals surface area contributed by atoms with Crippen LogP contribution >= 0.6 is 11.3 Å². The quantitative estimate of drug-likeness (QED) is 0.616. The van der Waals surface area contributed by atoms with E-state index < -0.39 is 10.0 Å². The van der Waals surface area contributed by atoms with Crippen molar-refractivity contribution in [2.24, 2.45) is 0 Å². The van der Waals surface area contributed by atoms with E-state index in [4.69, 9.17) is 0 Å². The Morgan fingerprint density at radius 3 is 2.69 bits per heavy atom. The average Bonchev–Trinajstić information content (AvgIpc) is 3.42.